The molecule has 2 nitrogen and oxygen atoms in total. The first-order valence-corrected chi connectivity index (χ1v) is 4.82. The molecular weight excluding hydrogens is 174 g/mol. The van der Waals surface area contributed by atoms with E-state index in [1.807, 2.05) is 30.5 Å². The van der Waals surface area contributed by atoms with Gasteiger partial charge in [0.1, 0.15) is 0 Å². The van der Waals surface area contributed by atoms with Gasteiger partial charge in [0.2, 0.25) is 0 Å². The Hall–Kier alpha value is -1.41. The summed E-state index contributed by atoms with van der Waals surface area (Å²) in [6.45, 7) is -0.00332. The van der Waals surface area contributed by atoms with Gasteiger partial charge in [0.15, 0.2) is 0 Å². The van der Waals surface area contributed by atoms with Crippen molar-refractivity contribution in [2.75, 3.05) is 6.61 Å². The van der Waals surface area contributed by atoms with Gasteiger partial charge in [0, 0.05) is 11.6 Å². The van der Waals surface area contributed by atoms with Crippen molar-refractivity contribution in [1.82, 2.24) is 4.98 Å². The molecule has 0 spiro atoms. The molecule has 14 heavy (non-hydrogen) atoms. The van der Waals surface area contributed by atoms with E-state index in [0.29, 0.717) is 6.42 Å². The molecule has 1 heterocycles. The van der Waals surface area contributed by atoms with Crippen molar-refractivity contribution in [3.05, 3.63) is 42.1 Å². The maximum atomic E-state index is 10.4. The third kappa shape index (κ3) is 1.75. The number of aryl methyl sites for hydroxylation is 1. The molecule has 0 N–H and O–H groups in total. The lowest BCUT2D eigenvalue weighted by atomic mass is 10.1. The molecule has 0 bridgehead atoms. The molecule has 0 aliphatic carbocycles. The summed E-state index contributed by atoms with van der Waals surface area (Å²) in [6, 6.07) is 10.0. The fraction of sp³-hybridized carbons (Fsp3) is 0.250. The Balaban J connectivity index is 2.43. The Bertz CT molecular complexity index is 420. The number of fused-ring (bicyclic) bond motifs is 1. The highest BCUT2D eigenvalue weighted by molar-refractivity contribution is 5.81. The van der Waals surface area contributed by atoms with Crippen LogP contribution in [0, 0.1) is 0 Å². The van der Waals surface area contributed by atoms with Crippen LogP contribution in [0.15, 0.2) is 36.5 Å². The monoisotopic (exact) mass is 186 g/mol. The van der Waals surface area contributed by atoms with Crippen LogP contribution in [0.2, 0.25) is 0 Å². The van der Waals surface area contributed by atoms with Crippen LogP contribution in [-0.2, 0) is 11.5 Å². The molecule has 0 amide bonds. The predicted molar refractivity (Wildman–Crippen MR) is 55.6 cm³/mol. The van der Waals surface area contributed by atoms with Crippen LogP contribution in [0.5, 0.6) is 0 Å². The molecule has 1 aromatic carbocycles. The molecule has 0 saturated carbocycles. The van der Waals surface area contributed by atoms with Gasteiger partial charge in [0.05, 0.1) is 12.1 Å². The number of hydrogen-bond donors (Lipinski definition) is 0. The minimum atomic E-state index is -0.00332. The van der Waals surface area contributed by atoms with E-state index in [4.69, 9.17) is 0 Å². The number of para-hydroxylation sites is 1. The average Bonchev–Trinajstić information content (AvgIpc) is 2.26. The molecule has 2 rings (SSSR count). The van der Waals surface area contributed by atoms with E-state index in [0.717, 1.165) is 11.9 Å². The lowest BCUT2D eigenvalue weighted by Gasteiger charge is -2.03. The van der Waals surface area contributed by atoms with E-state index < -0.39 is 0 Å². The van der Waals surface area contributed by atoms with Crippen LogP contribution in [0.25, 0.3) is 10.9 Å². The van der Waals surface area contributed by atoms with Gasteiger partial charge in [-0.2, -0.15) is 0 Å². The third-order valence-electron chi connectivity index (χ3n) is 2.33. The summed E-state index contributed by atoms with van der Waals surface area (Å²) in [7, 11) is 0. The number of aromatic nitrogens is 1. The lowest BCUT2D eigenvalue weighted by molar-refractivity contribution is 0.189. The van der Waals surface area contributed by atoms with Gasteiger partial charge >= 0.3 is 0 Å². The maximum Gasteiger partial charge on any atom is 0.0825 e. The zero-order valence-electron chi connectivity index (χ0n) is 7.94. The number of rotatable bonds is 3. The minimum absolute atomic E-state index is 0.00332. The summed E-state index contributed by atoms with van der Waals surface area (Å²) in [5, 5.41) is 11.6. The number of pyridine rings is 1. The SMILES string of the molecule is [O]CCCc1ccnc2ccccc12. The second-order valence-corrected chi connectivity index (χ2v) is 3.29. The van der Waals surface area contributed by atoms with Crippen LogP contribution in [-0.4, -0.2) is 11.6 Å². The first kappa shape index (κ1) is 9.16. The molecule has 0 fully saturated rings. The second-order valence-electron chi connectivity index (χ2n) is 3.29. The highest BCUT2D eigenvalue weighted by Crippen LogP contribution is 2.17. The summed E-state index contributed by atoms with van der Waals surface area (Å²) >= 11 is 0. The Morgan fingerprint density at radius 1 is 1.14 bits per heavy atom. The van der Waals surface area contributed by atoms with Gasteiger partial charge in [-0.15, -0.1) is 0 Å². The molecule has 0 aliphatic rings. The molecule has 0 saturated heterocycles. The highest BCUT2D eigenvalue weighted by atomic mass is 16.2. The maximum absolute atomic E-state index is 10.4. The van der Waals surface area contributed by atoms with Crippen LogP contribution in [0.3, 0.4) is 0 Å². The molecular formula is C12H12NO. The second kappa shape index (κ2) is 4.20. The summed E-state index contributed by atoms with van der Waals surface area (Å²) in [5.41, 5.74) is 2.24. The van der Waals surface area contributed by atoms with Crippen molar-refractivity contribution < 1.29 is 5.11 Å². The number of hydrogen-bond acceptors (Lipinski definition) is 1. The number of benzene rings is 1. The Morgan fingerprint density at radius 3 is 2.86 bits per heavy atom. The van der Waals surface area contributed by atoms with Crippen LogP contribution in [0.4, 0.5) is 0 Å². The van der Waals surface area contributed by atoms with E-state index >= 15 is 0 Å². The fourth-order valence-electron chi connectivity index (χ4n) is 1.64. The van der Waals surface area contributed by atoms with E-state index in [1.165, 1.54) is 10.9 Å². The van der Waals surface area contributed by atoms with E-state index in [9.17, 15) is 5.11 Å². The van der Waals surface area contributed by atoms with Gasteiger partial charge in [-0.05, 0) is 30.5 Å². The van der Waals surface area contributed by atoms with Gasteiger partial charge in [-0.3, -0.25) is 4.98 Å². The summed E-state index contributed by atoms with van der Waals surface area (Å²) in [5.74, 6) is 0. The predicted octanol–water partition coefficient (Wildman–Crippen LogP) is 2.60. The van der Waals surface area contributed by atoms with Crippen molar-refractivity contribution in [3.63, 3.8) is 0 Å². The summed E-state index contributed by atoms with van der Waals surface area (Å²) < 4.78 is 0. The smallest absolute Gasteiger partial charge is 0.0825 e. The molecule has 1 radical (unpaired) electrons. The van der Waals surface area contributed by atoms with Crippen molar-refractivity contribution >= 4 is 10.9 Å². The standard InChI is InChI=1S/C12H12NO/c14-9-3-4-10-7-8-13-12-6-2-1-5-11(10)12/h1-2,5-8H,3-4,9H2. The van der Waals surface area contributed by atoms with Crippen LogP contribution < -0.4 is 0 Å². The Morgan fingerprint density at radius 2 is 2.00 bits per heavy atom. The van der Waals surface area contributed by atoms with Crippen molar-refractivity contribution in [3.8, 4) is 0 Å². The Labute approximate surface area is 83.2 Å². The quantitative estimate of drug-likeness (QED) is 0.725. The van der Waals surface area contributed by atoms with Crippen LogP contribution in [0.1, 0.15) is 12.0 Å². The van der Waals surface area contributed by atoms with Crippen LogP contribution >= 0.6 is 0 Å². The fourth-order valence-corrected chi connectivity index (χ4v) is 1.64. The molecule has 2 heteroatoms. The van der Waals surface area contributed by atoms with E-state index in [2.05, 4.69) is 11.1 Å². The normalized spacial score (nSPS) is 10.6. The van der Waals surface area contributed by atoms with E-state index in [1.54, 1.807) is 0 Å². The molecule has 0 aliphatic heterocycles. The molecule has 0 atom stereocenters. The lowest BCUT2D eigenvalue weighted by Crippen LogP contribution is -1.91. The largest absolute Gasteiger partial charge is 0.256 e. The van der Waals surface area contributed by atoms with Gasteiger partial charge < -0.3 is 0 Å². The van der Waals surface area contributed by atoms with Gasteiger partial charge in [0.25, 0.3) is 0 Å². The molecule has 0 unspecified atom stereocenters. The van der Waals surface area contributed by atoms with Gasteiger partial charge in [-0.1, -0.05) is 18.2 Å². The molecule has 1 aromatic heterocycles. The van der Waals surface area contributed by atoms with Gasteiger partial charge in [-0.25, -0.2) is 5.11 Å². The highest BCUT2D eigenvalue weighted by Gasteiger charge is 2.00. The molecule has 71 valence electrons. The molecule has 2 aromatic rings. The van der Waals surface area contributed by atoms with Crippen molar-refractivity contribution in [1.29, 1.82) is 0 Å². The average molecular weight is 186 g/mol. The van der Waals surface area contributed by atoms with Crippen molar-refractivity contribution in [2.45, 2.75) is 12.8 Å². The summed E-state index contributed by atoms with van der Waals surface area (Å²) in [4.78, 5) is 4.27. The van der Waals surface area contributed by atoms with Crippen molar-refractivity contribution in [2.24, 2.45) is 0 Å². The zero-order valence-corrected chi connectivity index (χ0v) is 7.94. The topological polar surface area (TPSA) is 32.8 Å². The zero-order chi connectivity index (χ0) is 9.80. The number of nitrogens with zero attached hydrogens (tertiary/aromatic N) is 1. The third-order valence-corrected chi connectivity index (χ3v) is 2.33. The first-order chi connectivity index (χ1) is 6.92. The first-order valence-electron chi connectivity index (χ1n) is 4.82. The van der Waals surface area contributed by atoms with E-state index in [-0.39, 0.29) is 6.61 Å². The Kier molecular flexibility index (Phi) is 2.75. The minimum Gasteiger partial charge on any atom is -0.256 e. The summed E-state index contributed by atoms with van der Waals surface area (Å²) in [6.07, 6.45) is 3.36.